The number of anilines is 2. The standard InChI is InChI=1S/C23H24N2O4/c1-2-29-23(28)14-9-17-5-10-19(11-6-17)24-21(26)16-18-7-12-20(13-8-18)25-15-3-4-22(25)27/h5-14H,2-4,15-16H2,1H3,(H,24,26)/b14-9+. The molecule has 0 aliphatic carbocycles. The molecule has 6 heteroatoms. The molecule has 2 amide bonds. The minimum absolute atomic E-state index is 0.121. The Hall–Kier alpha value is -3.41. The van der Waals surface area contributed by atoms with Gasteiger partial charge < -0.3 is 15.0 Å². The predicted octanol–water partition coefficient (Wildman–Crippen LogP) is 3.57. The van der Waals surface area contributed by atoms with Crippen molar-refractivity contribution in [3.8, 4) is 0 Å². The maximum Gasteiger partial charge on any atom is 0.330 e. The monoisotopic (exact) mass is 392 g/mol. The topological polar surface area (TPSA) is 75.7 Å². The van der Waals surface area contributed by atoms with Crippen LogP contribution in [0.5, 0.6) is 0 Å². The Balaban J connectivity index is 1.52. The second kappa shape index (κ2) is 9.68. The van der Waals surface area contributed by atoms with Crippen LogP contribution in [0.3, 0.4) is 0 Å². The van der Waals surface area contributed by atoms with Gasteiger partial charge >= 0.3 is 5.97 Å². The molecule has 1 fully saturated rings. The molecule has 6 nitrogen and oxygen atoms in total. The Bertz CT molecular complexity index is 901. The maximum atomic E-state index is 12.3. The first-order chi connectivity index (χ1) is 14.0. The first kappa shape index (κ1) is 20.3. The highest BCUT2D eigenvalue weighted by Crippen LogP contribution is 2.22. The van der Waals surface area contributed by atoms with E-state index in [0.29, 0.717) is 18.7 Å². The third-order valence-corrected chi connectivity index (χ3v) is 4.58. The molecule has 1 heterocycles. The number of hydrogen-bond acceptors (Lipinski definition) is 4. The SMILES string of the molecule is CCOC(=O)/C=C/c1ccc(NC(=O)Cc2ccc(N3CCCC3=O)cc2)cc1. The van der Waals surface area contributed by atoms with Crippen molar-refractivity contribution in [1.82, 2.24) is 0 Å². The van der Waals surface area contributed by atoms with Gasteiger partial charge in [0.25, 0.3) is 0 Å². The van der Waals surface area contributed by atoms with Crippen LogP contribution in [-0.4, -0.2) is 30.9 Å². The van der Waals surface area contributed by atoms with Crippen LogP contribution in [-0.2, 0) is 25.5 Å². The van der Waals surface area contributed by atoms with Gasteiger partial charge in [0, 0.05) is 30.4 Å². The molecule has 0 unspecified atom stereocenters. The molecule has 150 valence electrons. The fourth-order valence-electron chi connectivity index (χ4n) is 3.14. The summed E-state index contributed by atoms with van der Waals surface area (Å²) in [6, 6.07) is 14.7. The van der Waals surface area contributed by atoms with Gasteiger partial charge in [-0.3, -0.25) is 9.59 Å². The molecule has 0 saturated carbocycles. The normalized spacial score (nSPS) is 13.7. The van der Waals surface area contributed by atoms with Gasteiger partial charge in [0.05, 0.1) is 13.0 Å². The van der Waals surface area contributed by atoms with E-state index in [-0.39, 0.29) is 24.2 Å². The Labute approximate surface area is 170 Å². The molecule has 3 rings (SSSR count). The number of ether oxygens (including phenoxy) is 1. The summed E-state index contributed by atoms with van der Waals surface area (Å²) >= 11 is 0. The minimum Gasteiger partial charge on any atom is -0.463 e. The molecule has 1 aliphatic heterocycles. The second-order valence-electron chi connectivity index (χ2n) is 6.75. The quantitative estimate of drug-likeness (QED) is 0.577. The van der Waals surface area contributed by atoms with Crippen LogP contribution in [0.2, 0.25) is 0 Å². The number of carbonyl (C=O) groups excluding carboxylic acids is 3. The van der Waals surface area contributed by atoms with E-state index in [0.717, 1.165) is 29.8 Å². The van der Waals surface area contributed by atoms with Gasteiger partial charge in [-0.05, 0) is 54.8 Å². The molecule has 0 aromatic heterocycles. The van der Waals surface area contributed by atoms with Crippen LogP contribution in [0.25, 0.3) is 6.08 Å². The van der Waals surface area contributed by atoms with Gasteiger partial charge in [0.2, 0.25) is 11.8 Å². The van der Waals surface area contributed by atoms with E-state index in [1.807, 2.05) is 36.4 Å². The van der Waals surface area contributed by atoms with E-state index in [4.69, 9.17) is 4.74 Å². The van der Waals surface area contributed by atoms with Crippen molar-refractivity contribution in [3.05, 3.63) is 65.7 Å². The number of amides is 2. The highest BCUT2D eigenvalue weighted by molar-refractivity contribution is 5.95. The third-order valence-electron chi connectivity index (χ3n) is 4.58. The van der Waals surface area contributed by atoms with Crippen LogP contribution in [0.4, 0.5) is 11.4 Å². The number of carbonyl (C=O) groups is 3. The van der Waals surface area contributed by atoms with Crippen molar-refractivity contribution in [3.63, 3.8) is 0 Å². The molecule has 1 N–H and O–H groups in total. The zero-order valence-corrected chi connectivity index (χ0v) is 16.4. The summed E-state index contributed by atoms with van der Waals surface area (Å²) in [6.07, 6.45) is 4.77. The van der Waals surface area contributed by atoms with Crippen molar-refractivity contribution in [2.75, 3.05) is 23.4 Å². The number of hydrogen-bond donors (Lipinski definition) is 1. The summed E-state index contributed by atoms with van der Waals surface area (Å²) in [7, 11) is 0. The average Bonchev–Trinajstić information content (AvgIpc) is 3.14. The second-order valence-corrected chi connectivity index (χ2v) is 6.75. The smallest absolute Gasteiger partial charge is 0.330 e. The number of benzene rings is 2. The first-order valence-corrected chi connectivity index (χ1v) is 9.69. The summed E-state index contributed by atoms with van der Waals surface area (Å²) in [5.74, 6) is -0.356. The zero-order chi connectivity index (χ0) is 20.6. The molecule has 1 saturated heterocycles. The molecule has 29 heavy (non-hydrogen) atoms. The summed E-state index contributed by atoms with van der Waals surface area (Å²) in [5.41, 5.74) is 3.28. The van der Waals surface area contributed by atoms with Gasteiger partial charge in [0.1, 0.15) is 0 Å². The Morgan fingerprint density at radius 2 is 1.83 bits per heavy atom. The maximum absolute atomic E-state index is 12.3. The van der Waals surface area contributed by atoms with Crippen LogP contribution in [0.15, 0.2) is 54.6 Å². The molecule has 2 aromatic rings. The van der Waals surface area contributed by atoms with Crippen LogP contribution >= 0.6 is 0 Å². The van der Waals surface area contributed by atoms with Crippen LogP contribution < -0.4 is 10.2 Å². The molecule has 0 atom stereocenters. The zero-order valence-electron chi connectivity index (χ0n) is 16.4. The number of esters is 1. The minimum atomic E-state index is -0.384. The van der Waals surface area contributed by atoms with E-state index in [2.05, 4.69) is 5.32 Å². The van der Waals surface area contributed by atoms with E-state index in [1.165, 1.54) is 6.08 Å². The lowest BCUT2D eigenvalue weighted by Crippen LogP contribution is -2.23. The van der Waals surface area contributed by atoms with Gasteiger partial charge in [-0.25, -0.2) is 4.79 Å². The van der Waals surface area contributed by atoms with Crippen molar-refractivity contribution >= 4 is 35.2 Å². The fraction of sp³-hybridized carbons (Fsp3) is 0.261. The van der Waals surface area contributed by atoms with Gasteiger partial charge in [-0.2, -0.15) is 0 Å². The van der Waals surface area contributed by atoms with Crippen molar-refractivity contribution in [2.24, 2.45) is 0 Å². The van der Waals surface area contributed by atoms with Gasteiger partial charge in [0.15, 0.2) is 0 Å². The first-order valence-electron chi connectivity index (χ1n) is 9.69. The van der Waals surface area contributed by atoms with Crippen LogP contribution in [0.1, 0.15) is 30.9 Å². The summed E-state index contributed by atoms with van der Waals surface area (Å²) in [6.45, 7) is 2.85. The largest absolute Gasteiger partial charge is 0.463 e. The highest BCUT2D eigenvalue weighted by atomic mass is 16.5. The predicted molar refractivity (Wildman–Crippen MR) is 112 cm³/mol. The van der Waals surface area contributed by atoms with E-state index >= 15 is 0 Å². The Morgan fingerprint density at radius 3 is 2.45 bits per heavy atom. The summed E-state index contributed by atoms with van der Waals surface area (Å²) in [5, 5.41) is 2.86. The third kappa shape index (κ3) is 5.78. The highest BCUT2D eigenvalue weighted by Gasteiger charge is 2.21. The van der Waals surface area contributed by atoms with E-state index in [1.54, 1.807) is 30.0 Å². The van der Waals surface area contributed by atoms with Gasteiger partial charge in [-0.15, -0.1) is 0 Å². The van der Waals surface area contributed by atoms with E-state index < -0.39 is 0 Å². The fourth-order valence-corrected chi connectivity index (χ4v) is 3.14. The van der Waals surface area contributed by atoms with Crippen LogP contribution in [0, 0.1) is 0 Å². The molecular weight excluding hydrogens is 368 g/mol. The number of rotatable bonds is 7. The lowest BCUT2D eigenvalue weighted by atomic mass is 10.1. The molecule has 1 aliphatic rings. The molecule has 2 aromatic carbocycles. The van der Waals surface area contributed by atoms with Crippen molar-refractivity contribution < 1.29 is 19.1 Å². The Kier molecular flexibility index (Phi) is 6.79. The molecule has 0 bridgehead atoms. The average molecular weight is 392 g/mol. The lowest BCUT2D eigenvalue weighted by molar-refractivity contribution is -0.137. The summed E-state index contributed by atoms with van der Waals surface area (Å²) in [4.78, 5) is 37.2. The van der Waals surface area contributed by atoms with Gasteiger partial charge in [-0.1, -0.05) is 24.3 Å². The summed E-state index contributed by atoms with van der Waals surface area (Å²) < 4.78 is 4.84. The lowest BCUT2D eigenvalue weighted by Gasteiger charge is -2.15. The number of nitrogens with one attached hydrogen (secondary N) is 1. The van der Waals surface area contributed by atoms with Crippen molar-refractivity contribution in [1.29, 1.82) is 0 Å². The Morgan fingerprint density at radius 1 is 1.10 bits per heavy atom. The number of nitrogens with zero attached hydrogens (tertiary/aromatic N) is 1. The van der Waals surface area contributed by atoms with E-state index in [9.17, 15) is 14.4 Å². The molecular formula is C23H24N2O4. The molecule has 0 spiro atoms. The van der Waals surface area contributed by atoms with Crippen molar-refractivity contribution in [2.45, 2.75) is 26.2 Å². The molecule has 0 radical (unpaired) electrons.